The number of thiophene rings is 1. The van der Waals surface area contributed by atoms with Crippen molar-refractivity contribution in [2.75, 3.05) is 0 Å². The molecular formula is C11H6N2OS4. The fraction of sp³-hybridized carbons (Fsp3) is 0. The summed E-state index contributed by atoms with van der Waals surface area (Å²) in [6.07, 6.45) is 1.77. The van der Waals surface area contributed by atoms with E-state index in [0.29, 0.717) is 9.23 Å². The summed E-state index contributed by atoms with van der Waals surface area (Å²) in [5, 5.41) is 9.57. The summed E-state index contributed by atoms with van der Waals surface area (Å²) in [6, 6.07) is 2.03. The minimum Gasteiger partial charge on any atom is -0.307 e. The first-order valence-electron chi connectivity index (χ1n) is 4.95. The number of hydrogen-bond acceptors (Lipinski definition) is 6. The Morgan fingerprint density at radius 3 is 2.94 bits per heavy atom. The van der Waals surface area contributed by atoms with Crippen LogP contribution in [-0.4, -0.2) is 15.2 Å². The third-order valence-electron chi connectivity index (χ3n) is 2.21. The van der Waals surface area contributed by atoms with Crippen LogP contribution in [0.4, 0.5) is 0 Å². The molecule has 0 unspecified atom stereocenters. The van der Waals surface area contributed by atoms with E-state index in [0.717, 1.165) is 16.3 Å². The third kappa shape index (κ3) is 2.39. The molecule has 18 heavy (non-hydrogen) atoms. The minimum atomic E-state index is -0.143. The van der Waals surface area contributed by atoms with Crippen LogP contribution >= 0.6 is 46.7 Å². The van der Waals surface area contributed by atoms with Gasteiger partial charge in [0.2, 0.25) is 0 Å². The van der Waals surface area contributed by atoms with Gasteiger partial charge >= 0.3 is 0 Å². The van der Waals surface area contributed by atoms with Gasteiger partial charge in [0, 0.05) is 16.3 Å². The highest BCUT2D eigenvalue weighted by molar-refractivity contribution is 8.26. The highest BCUT2D eigenvalue weighted by atomic mass is 32.2. The Morgan fingerprint density at radius 1 is 1.39 bits per heavy atom. The maximum Gasteiger partial charge on any atom is 0.263 e. The van der Waals surface area contributed by atoms with Gasteiger partial charge in [-0.05, 0) is 17.5 Å². The highest BCUT2D eigenvalue weighted by Gasteiger charge is 2.22. The summed E-state index contributed by atoms with van der Waals surface area (Å²) >= 11 is 9.42. The lowest BCUT2D eigenvalue weighted by molar-refractivity contribution is -0.115. The molecule has 0 atom stereocenters. The lowest BCUT2D eigenvalue weighted by atomic mass is 10.3. The van der Waals surface area contributed by atoms with E-state index in [-0.39, 0.29) is 5.91 Å². The summed E-state index contributed by atoms with van der Waals surface area (Å²) < 4.78 is 0.500. The van der Waals surface area contributed by atoms with Gasteiger partial charge in [-0.25, -0.2) is 4.98 Å². The second kappa shape index (κ2) is 4.93. The van der Waals surface area contributed by atoms with E-state index in [9.17, 15) is 4.79 Å². The fourth-order valence-electron chi connectivity index (χ4n) is 1.43. The van der Waals surface area contributed by atoms with Crippen molar-refractivity contribution in [3.05, 3.63) is 32.8 Å². The van der Waals surface area contributed by atoms with Crippen LogP contribution in [0.15, 0.2) is 27.1 Å². The van der Waals surface area contributed by atoms with Crippen LogP contribution in [0, 0.1) is 0 Å². The fourth-order valence-corrected chi connectivity index (χ4v) is 3.94. The van der Waals surface area contributed by atoms with Crippen molar-refractivity contribution in [3.63, 3.8) is 0 Å². The third-order valence-corrected chi connectivity index (χ3v) is 4.97. The summed E-state index contributed by atoms with van der Waals surface area (Å²) in [4.78, 5) is 16.6. The number of nitrogens with one attached hydrogen (secondary N) is 1. The Kier molecular flexibility index (Phi) is 3.29. The number of aromatic nitrogens is 1. The molecule has 90 valence electrons. The maximum atomic E-state index is 11.5. The molecule has 3 heterocycles. The van der Waals surface area contributed by atoms with Crippen LogP contribution in [0.25, 0.3) is 16.6 Å². The Morgan fingerprint density at radius 2 is 2.28 bits per heavy atom. The Hall–Kier alpha value is -1.02. The van der Waals surface area contributed by atoms with Crippen molar-refractivity contribution in [1.82, 2.24) is 10.3 Å². The highest BCUT2D eigenvalue weighted by Crippen LogP contribution is 2.29. The van der Waals surface area contributed by atoms with Crippen LogP contribution in [0.1, 0.15) is 5.69 Å². The Bertz CT molecular complexity index is 642. The van der Waals surface area contributed by atoms with Crippen molar-refractivity contribution in [2.45, 2.75) is 0 Å². The molecule has 0 aliphatic carbocycles. The molecule has 1 saturated heterocycles. The predicted octanol–water partition coefficient (Wildman–Crippen LogP) is 3.36. The van der Waals surface area contributed by atoms with E-state index >= 15 is 0 Å². The van der Waals surface area contributed by atoms with E-state index in [1.807, 2.05) is 16.8 Å². The summed E-state index contributed by atoms with van der Waals surface area (Å²) in [7, 11) is 0. The molecule has 1 amide bonds. The Balaban J connectivity index is 1.88. The average Bonchev–Trinajstić information content (AvgIpc) is 3.02. The molecule has 3 rings (SSSR count). The first-order chi connectivity index (χ1) is 8.72. The monoisotopic (exact) mass is 310 g/mol. The zero-order valence-corrected chi connectivity index (χ0v) is 12.1. The molecule has 1 N–H and O–H groups in total. The number of thioether (sulfide) groups is 1. The van der Waals surface area contributed by atoms with Crippen LogP contribution < -0.4 is 5.32 Å². The van der Waals surface area contributed by atoms with Gasteiger partial charge in [0.25, 0.3) is 5.91 Å². The van der Waals surface area contributed by atoms with Crippen molar-refractivity contribution < 1.29 is 4.79 Å². The first kappa shape index (κ1) is 12.0. The summed E-state index contributed by atoms with van der Waals surface area (Å²) in [5.41, 5.74) is 1.91. The number of carbonyl (C=O) groups is 1. The van der Waals surface area contributed by atoms with Crippen LogP contribution in [0.3, 0.4) is 0 Å². The molecule has 0 radical (unpaired) electrons. The van der Waals surface area contributed by atoms with Crippen molar-refractivity contribution >= 4 is 63.0 Å². The molecular weight excluding hydrogens is 304 g/mol. The van der Waals surface area contributed by atoms with Crippen LogP contribution in [0.5, 0.6) is 0 Å². The summed E-state index contributed by atoms with van der Waals surface area (Å²) in [6.45, 7) is 0. The molecule has 1 fully saturated rings. The van der Waals surface area contributed by atoms with Gasteiger partial charge in [0.15, 0.2) is 0 Å². The first-order valence-corrected chi connectivity index (χ1v) is 8.00. The van der Waals surface area contributed by atoms with Gasteiger partial charge < -0.3 is 5.32 Å². The van der Waals surface area contributed by atoms with Crippen molar-refractivity contribution in [1.29, 1.82) is 0 Å². The molecule has 0 spiro atoms. The van der Waals surface area contributed by atoms with E-state index in [1.165, 1.54) is 11.8 Å². The number of nitrogens with zero attached hydrogens (tertiary/aromatic N) is 1. The number of rotatable bonds is 2. The number of carbonyl (C=O) groups excluding carboxylic acids is 1. The van der Waals surface area contributed by atoms with Gasteiger partial charge in [-0.2, -0.15) is 11.3 Å². The smallest absolute Gasteiger partial charge is 0.263 e. The van der Waals surface area contributed by atoms with Crippen molar-refractivity contribution in [3.8, 4) is 10.6 Å². The zero-order chi connectivity index (χ0) is 12.5. The standard InChI is InChI=1S/C11H6N2OS4/c14-9-8(18-11(15)13-9)3-7-5-17-10(12-7)6-1-2-16-4-6/h1-5H,(H,13,14,15)/b8-3+. The minimum absolute atomic E-state index is 0.143. The number of hydrogen-bond donors (Lipinski definition) is 1. The second-order valence-electron chi connectivity index (χ2n) is 3.44. The maximum absolute atomic E-state index is 11.5. The second-order valence-corrected chi connectivity index (χ2v) is 6.80. The van der Waals surface area contributed by atoms with Gasteiger partial charge in [0.05, 0.1) is 10.6 Å². The van der Waals surface area contributed by atoms with E-state index in [2.05, 4.69) is 15.7 Å². The quantitative estimate of drug-likeness (QED) is 0.682. The zero-order valence-electron chi connectivity index (χ0n) is 8.88. The molecule has 0 aromatic carbocycles. The molecule has 1 aliphatic heterocycles. The SMILES string of the molecule is O=C1NC(=S)S/C1=C/c1csc(-c2ccsc2)n1. The Labute approximate surface area is 121 Å². The topological polar surface area (TPSA) is 42.0 Å². The van der Waals surface area contributed by atoms with Gasteiger partial charge in [-0.15, -0.1) is 11.3 Å². The molecule has 7 heteroatoms. The largest absolute Gasteiger partial charge is 0.307 e. The predicted molar refractivity (Wildman–Crippen MR) is 81.7 cm³/mol. The number of thiazole rings is 1. The number of amides is 1. The van der Waals surface area contributed by atoms with Crippen LogP contribution in [-0.2, 0) is 4.79 Å². The van der Waals surface area contributed by atoms with E-state index in [1.54, 1.807) is 28.7 Å². The lowest BCUT2D eigenvalue weighted by Crippen LogP contribution is -2.17. The molecule has 3 nitrogen and oxygen atoms in total. The average molecular weight is 310 g/mol. The van der Waals surface area contributed by atoms with Gasteiger partial charge in [-0.3, -0.25) is 4.79 Å². The lowest BCUT2D eigenvalue weighted by Gasteiger charge is -1.89. The molecule has 1 aliphatic rings. The molecule has 2 aromatic heterocycles. The van der Waals surface area contributed by atoms with E-state index in [4.69, 9.17) is 12.2 Å². The van der Waals surface area contributed by atoms with Gasteiger partial charge in [-0.1, -0.05) is 24.0 Å². The molecule has 0 bridgehead atoms. The molecule has 0 saturated carbocycles. The molecule has 2 aromatic rings. The van der Waals surface area contributed by atoms with Crippen LogP contribution in [0.2, 0.25) is 0 Å². The number of thiocarbonyl (C=S) groups is 1. The van der Waals surface area contributed by atoms with Gasteiger partial charge in [0.1, 0.15) is 9.33 Å². The summed E-state index contributed by atoms with van der Waals surface area (Å²) in [5.74, 6) is -0.143. The van der Waals surface area contributed by atoms with E-state index < -0.39 is 0 Å². The normalized spacial score (nSPS) is 17.4. The van der Waals surface area contributed by atoms with Crippen molar-refractivity contribution in [2.24, 2.45) is 0 Å².